The van der Waals surface area contributed by atoms with Crippen LogP contribution in [0.5, 0.6) is 0 Å². The Kier molecular flexibility index (Phi) is 4.20. The van der Waals surface area contributed by atoms with Gasteiger partial charge in [-0.3, -0.25) is 4.79 Å². The van der Waals surface area contributed by atoms with E-state index >= 15 is 0 Å². The van der Waals surface area contributed by atoms with Crippen LogP contribution in [0.3, 0.4) is 0 Å². The molecule has 0 spiro atoms. The molecule has 102 valence electrons. The highest BCUT2D eigenvalue weighted by molar-refractivity contribution is 8.00. The van der Waals surface area contributed by atoms with Crippen LogP contribution in [0.4, 0.5) is 5.69 Å². The van der Waals surface area contributed by atoms with E-state index in [2.05, 4.69) is 13.8 Å². The van der Waals surface area contributed by atoms with Gasteiger partial charge in [-0.25, -0.2) is 0 Å². The summed E-state index contributed by atoms with van der Waals surface area (Å²) in [6, 6.07) is 7.50. The average Bonchev–Trinajstić information content (AvgIpc) is 2.36. The molecule has 0 unspecified atom stereocenters. The number of carbonyl (C=O) groups is 1. The van der Waals surface area contributed by atoms with Crippen molar-refractivity contribution in [3.8, 4) is 0 Å². The predicted octanol–water partition coefficient (Wildman–Crippen LogP) is 2.64. The van der Waals surface area contributed by atoms with Gasteiger partial charge in [-0.15, -0.1) is 0 Å². The minimum Gasteiger partial charge on any atom is -0.399 e. The molecule has 1 aromatic carbocycles. The minimum atomic E-state index is 0.0881. The van der Waals surface area contributed by atoms with Gasteiger partial charge in [-0.2, -0.15) is 11.8 Å². The van der Waals surface area contributed by atoms with Crippen molar-refractivity contribution in [2.24, 2.45) is 0 Å². The Labute approximate surface area is 118 Å². The third-order valence-electron chi connectivity index (χ3n) is 3.09. The SMILES string of the molecule is CC1(C)CN(C(=O)/C=C/c2ccc(N)cc2)CCS1. The lowest BCUT2D eigenvalue weighted by molar-refractivity contribution is -0.126. The number of nitrogens with zero attached hydrogens (tertiary/aromatic N) is 1. The third kappa shape index (κ3) is 4.03. The molecular formula is C15H20N2OS. The monoisotopic (exact) mass is 276 g/mol. The van der Waals surface area contributed by atoms with Crippen molar-refractivity contribution in [2.75, 3.05) is 24.6 Å². The summed E-state index contributed by atoms with van der Waals surface area (Å²) in [4.78, 5) is 14.1. The van der Waals surface area contributed by atoms with Gasteiger partial charge in [0.15, 0.2) is 0 Å². The zero-order valence-electron chi connectivity index (χ0n) is 11.4. The molecule has 0 atom stereocenters. The molecule has 1 fully saturated rings. The van der Waals surface area contributed by atoms with Gasteiger partial charge in [0.1, 0.15) is 0 Å². The molecule has 1 aliphatic heterocycles. The van der Waals surface area contributed by atoms with Crippen molar-refractivity contribution >= 4 is 29.4 Å². The molecule has 1 saturated heterocycles. The molecule has 0 saturated carbocycles. The number of carbonyl (C=O) groups excluding carboxylic acids is 1. The van der Waals surface area contributed by atoms with Crippen molar-refractivity contribution < 1.29 is 4.79 Å². The molecule has 1 heterocycles. The van der Waals surface area contributed by atoms with Gasteiger partial charge in [-0.05, 0) is 37.6 Å². The van der Waals surface area contributed by atoms with Crippen LogP contribution in [0.1, 0.15) is 19.4 Å². The quantitative estimate of drug-likeness (QED) is 0.667. The van der Waals surface area contributed by atoms with Gasteiger partial charge in [0, 0.05) is 35.4 Å². The van der Waals surface area contributed by atoms with Crippen LogP contribution in [-0.2, 0) is 4.79 Å². The number of hydrogen-bond donors (Lipinski definition) is 1. The van der Waals surface area contributed by atoms with E-state index in [0.29, 0.717) is 0 Å². The maximum absolute atomic E-state index is 12.1. The molecule has 2 rings (SSSR count). The summed E-state index contributed by atoms with van der Waals surface area (Å²) in [6.07, 6.45) is 3.49. The molecule has 1 aliphatic rings. The molecule has 2 N–H and O–H groups in total. The average molecular weight is 276 g/mol. The normalized spacial score (nSPS) is 18.7. The maximum Gasteiger partial charge on any atom is 0.246 e. The van der Waals surface area contributed by atoms with E-state index in [0.717, 1.165) is 30.1 Å². The number of benzene rings is 1. The Balaban J connectivity index is 1.98. The van der Waals surface area contributed by atoms with E-state index in [4.69, 9.17) is 5.73 Å². The number of anilines is 1. The Morgan fingerprint density at radius 2 is 2.05 bits per heavy atom. The highest BCUT2D eigenvalue weighted by Gasteiger charge is 2.28. The summed E-state index contributed by atoms with van der Waals surface area (Å²) < 4.78 is 0.156. The van der Waals surface area contributed by atoms with E-state index < -0.39 is 0 Å². The fraction of sp³-hybridized carbons (Fsp3) is 0.400. The zero-order valence-corrected chi connectivity index (χ0v) is 12.2. The van der Waals surface area contributed by atoms with Crippen LogP contribution in [0.2, 0.25) is 0 Å². The van der Waals surface area contributed by atoms with Gasteiger partial charge >= 0.3 is 0 Å². The zero-order chi connectivity index (χ0) is 13.9. The number of nitrogen functional groups attached to an aromatic ring is 1. The second-order valence-electron chi connectivity index (χ2n) is 5.37. The first kappa shape index (κ1) is 14.0. The van der Waals surface area contributed by atoms with Crippen molar-refractivity contribution in [3.63, 3.8) is 0 Å². The number of amides is 1. The molecule has 1 aromatic rings. The molecule has 3 nitrogen and oxygen atoms in total. The minimum absolute atomic E-state index is 0.0881. The largest absolute Gasteiger partial charge is 0.399 e. The first-order valence-corrected chi connectivity index (χ1v) is 7.41. The van der Waals surface area contributed by atoms with Crippen molar-refractivity contribution in [2.45, 2.75) is 18.6 Å². The summed E-state index contributed by atoms with van der Waals surface area (Å²) in [5, 5.41) is 0. The van der Waals surface area contributed by atoms with E-state index in [-0.39, 0.29) is 10.7 Å². The van der Waals surface area contributed by atoms with Crippen LogP contribution >= 0.6 is 11.8 Å². The van der Waals surface area contributed by atoms with Gasteiger partial charge < -0.3 is 10.6 Å². The Morgan fingerprint density at radius 1 is 1.37 bits per heavy atom. The molecular weight excluding hydrogens is 256 g/mol. The van der Waals surface area contributed by atoms with E-state index in [9.17, 15) is 4.79 Å². The van der Waals surface area contributed by atoms with Gasteiger partial charge in [-0.1, -0.05) is 12.1 Å². The third-order valence-corrected chi connectivity index (χ3v) is 4.39. The topological polar surface area (TPSA) is 46.3 Å². The van der Waals surface area contributed by atoms with Crippen LogP contribution in [0.25, 0.3) is 6.08 Å². The molecule has 0 aliphatic carbocycles. The van der Waals surface area contributed by atoms with Gasteiger partial charge in [0.05, 0.1) is 0 Å². The summed E-state index contributed by atoms with van der Waals surface area (Å²) in [7, 11) is 0. The van der Waals surface area contributed by atoms with Crippen molar-refractivity contribution in [1.29, 1.82) is 0 Å². The molecule has 0 bridgehead atoms. The van der Waals surface area contributed by atoms with E-state index in [1.165, 1.54) is 0 Å². The van der Waals surface area contributed by atoms with Crippen LogP contribution in [0.15, 0.2) is 30.3 Å². The maximum atomic E-state index is 12.1. The lowest BCUT2D eigenvalue weighted by atomic mass is 10.1. The first-order valence-electron chi connectivity index (χ1n) is 6.43. The standard InChI is InChI=1S/C15H20N2OS/c1-15(2)11-17(9-10-19-15)14(18)8-5-12-3-6-13(16)7-4-12/h3-8H,9-11,16H2,1-2H3/b8-5+. The fourth-order valence-corrected chi connectivity index (χ4v) is 3.20. The Morgan fingerprint density at radius 3 is 2.68 bits per heavy atom. The van der Waals surface area contributed by atoms with Gasteiger partial charge in [0.25, 0.3) is 0 Å². The fourth-order valence-electron chi connectivity index (χ4n) is 2.08. The summed E-state index contributed by atoms with van der Waals surface area (Å²) >= 11 is 1.93. The summed E-state index contributed by atoms with van der Waals surface area (Å²) in [6.45, 7) is 6.00. The molecule has 0 aromatic heterocycles. The van der Waals surface area contributed by atoms with Crippen LogP contribution < -0.4 is 5.73 Å². The number of rotatable bonds is 2. The first-order chi connectivity index (χ1) is 8.96. The molecule has 0 radical (unpaired) electrons. The smallest absolute Gasteiger partial charge is 0.246 e. The summed E-state index contributed by atoms with van der Waals surface area (Å²) in [5.74, 6) is 1.10. The van der Waals surface area contributed by atoms with E-state index in [1.54, 1.807) is 6.08 Å². The van der Waals surface area contributed by atoms with Crippen LogP contribution in [0, 0.1) is 0 Å². The summed E-state index contributed by atoms with van der Waals surface area (Å²) in [5.41, 5.74) is 7.36. The highest BCUT2D eigenvalue weighted by Crippen LogP contribution is 2.29. The van der Waals surface area contributed by atoms with Crippen LogP contribution in [-0.4, -0.2) is 34.4 Å². The number of nitrogens with two attached hydrogens (primary N) is 1. The molecule has 4 heteroatoms. The van der Waals surface area contributed by atoms with Crippen molar-refractivity contribution in [1.82, 2.24) is 4.90 Å². The van der Waals surface area contributed by atoms with Gasteiger partial charge in [0.2, 0.25) is 5.91 Å². The highest BCUT2D eigenvalue weighted by atomic mass is 32.2. The van der Waals surface area contributed by atoms with E-state index in [1.807, 2.05) is 47.0 Å². The Hall–Kier alpha value is -1.42. The number of hydrogen-bond acceptors (Lipinski definition) is 3. The molecule has 1 amide bonds. The Bertz CT molecular complexity index is 479. The molecule has 19 heavy (non-hydrogen) atoms. The predicted molar refractivity (Wildman–Crippen MR) is 83.0 cm³/mol. The second kappa shape index (κ2) is 5.70. The second-order valence-corrected chi connectivity index (χ2v) is 7.17. The lowest BCUT2D eigenvalue weighted by Crippen LogP contribution is -2.45. The number of thioether (sulfide) groups is 1. The van der Waals surface area contributed by atoms with Crippen molar-refractivity contribution in [3.05, 3.63) is 35.9 Å². The lowest BCUT2D eigenvalue weighted by Gasteiger charge is -2.37.